The van der Waals surface area contributed by atoms with Crippen LogP contribution in [0.1, 0.15) is 0 Å². The second-order valence-electron chi connectivity index (χ2n) is 10.5. The Balaban J connectivity index is 1.22. The number of pyridine rings is 1. The number of fused-ring (bicyclic) bond motifs is 4. The first-order valence-corrected chi connectivity index (χ1v) is 14.1. The molecule has 8 aromatic rings. The van der Waals surface area contributed by atoms with Crippen molar-refractivity contribution in [1.29, 1.82) is 0 Å². The van der Waals surface area contributed by atoms with Crippen molar-refractivity contribution in [2.24, 2.45) is 0 Å². The maximum atomic E-state index is 6.27. The summed E-state index contributed by atoms with van der Waals surface area (Å²) in [6, 6.07) is 51.3. The summed E-state index contributed by atoms with van der Waals surface area (Å²) in [4.78, 5) is 6.57. The average molecular weight is 539 g/mol. The summed E-state index contributed by atoms with van der Waals surface area (Å²) in [6.07, 6.45) is 3.70. The molecule has 2 aromatic heterocycles. The standard InChI is InChI=1S/C39H26N2O/c1-2-7-30-24-31(12-11-27(30)6-1)28-13-17-33(18-14-28)41(34-19-15-29(16-20-34)32-8-5-23-40-26-32)35-21-22-37-36-9-3-4-10-38(36)42-39(37)25-35/h1-26H. The van der Waals surface area contributed by atoms with Gasteiger partial charge in [-0.2, -0.15) is 0 Å². The summed E-state index contributed by atoms with van der Waals surface area (Å²) in [6.45, 7) is 0. The highest BCUT2D eigenvalue weighted by molar-refractivity contribution is 6.06. The van der Waals surface area contributed by atoms with Gasteiger partial charge in [-0.25, -0.2) is 0 Å². The highest BCUT2D eigenvalue weighted by Gasteiger charge is 2.16. The third-order valence-corrected chi connectivity index (χ3v) is 7.95. The number of hydrogen-bond acceptors (Lipinski definition) is 3. The molecule has 0 spiro atoms. The molecule has 0 aliphatic heterocycles. The van der Waals surface area contributed by atoms with Crippen LogP contribution in [0, 0.1) is 0 Å². The van der Waals surface area contributed by atoms with Gasteiger partial charge in [-0.05, 0) is 87.6 Å². The van der Waals surface area contributed by atoms with Crippen LogP contribution >= 0.6 is 0 Å². The van der Waals surface area contributed by atoms with Crippen molar-refractivity contribution in [1.82, 2.24) is 4.98 Å². The molecule has 0 unspecified atom stereocenters. The van der Waals surface area contributed by atoms with Gasteiger partial charge in [0.1, 0.15) is 11.2 Å². The van der Waals surface area contributed by atoms with Gasteiger partial charge in [-0.1, -0.05) is 84.9 Å². The van der Waals surface area contributed by atoms with Crippen molar-refractivity contribution in [2.75, 3.05) is 4.90 Å². The third-order valence-electron chi connectivity index (χ3n) is 7.95. The van der Waals surface area contributed by atoms with E-state index >= 15 is 0 Å². The number of para-hydroxylation sites is 1. The fourth-order valence-corrected chi connectivity index (χ4v) is 5.81. The van der Waals surface area contributed by atoms with Gasteiger partial charge in [0.05, 0.1) is 0 Å². The van der Waals surface area contributed by atoms with E-state index in [2.05, 4.69) is 137 Å². The van der Waals surface area contributed by atoms with Crippen LogP contribution < -0.4 is 4.90 Å². The van der Waals surface area contributed by atoms with Crippen molar-refractivity contribution in [3.05, 3.63) is 158 Å². The lowest BCUT2D eigenvalue weighted by atomic mass is 10.0. The highest BCUT2D eigenvalue weighted by atomic mass is 16.3. The van der Waals surface area contributed by atoms with Crippen LogP contribution in [0.2, 0.25) is 0 Å². The molecule has 3 nitrogen and oxygen atoms in total. The summed E-state index contributed by atoms with van der Waals surface area (Å²) < 4.78 is 6.27. The fourth-order valence-electron chi connectivity index (χ4n) is 5.81. The first-order chi connectivity index (χ1) is 20.8. The number of aromatic nitrogens is 1. The molecule has 2 heterocycles. The summed E-state index contributed by atoms with van der Waals surface area (Å²) in [5.74, 6) is 0. The van der Waals surface area contributed by atoms with Crippen LogP contribution in [0.15, 0.2) is 162 Å². The first-order valence-electron chi connectivity index (χ1n) is 14.1. The van der Waals surface area contributed by atoms with Crippen LogP contribution in [0.3, 0.4) is 0 Å². The Morgan fingerprint density at radius 3 is 1.83 bits per heavy atom. The Morgan fingerprint density at radius 2 is 1.07 bits per heavy atom. The molecule has 6 aromatic carbocycles. The number of hydrogen-bond donors (Lipinski definition) is 0. The minimum absolute atomic E-state index is 0.874. The second kappa shape index (κ2) is 10.1. The minimum atomic E-state index is 0.874. The lowest BCUT2D eigenvalue weighted by Gasteiger charge is -2.26. The van der Waals surface area contributed by atoms with Crippen molar-refractivity contribution in [3.8, 4) is 22.3 Å². The Bertz CT molecular complexity index is 2180. The Morgan fingerprint density at radius 1 is 0.429 bits per heavy atom. The molecular weight excluding hydrogens is 512 g/mol. The van der Waals surface area contributed by atoms with Crippen molar-refractivity contribution in [2.45, 2.75) is 0 Å². The van der Waals surface area contributed by atoms with Crippen molar-refractivity contribution in [3.63, 3.8) is 0 Å². The molecule has 0 radical (unpaired) electrons. The van der Waals surface area contributed by atoms with Gasteiger partial charge in [-0.15, -0.1) is 0 Å². The van der Waals surface area contributed by atoms with Gasteiger partial charge in [0.25, 0.3) is 0 Å². The third kappa shape index (κ3) is 4.29. The highest BCUT2D eigenvalue weighted by Crippen LogP contribution is 2.39. The molecule has 42 heavy (non-hydrogen) atoms. The topological polar surface area (TPSA) is 29.3 Å². The largest absolute Gasteiger partial charge is 0.456 e. The maximum absolute atomic E-state index is 6.27. The van der Waals surface area contributed by atoms with Crippen LogP contribution in [0.5, 0.6) is 0 Å². The number of anilines is 3. The zero-order chi connectivity index (χ0) is 27.9. The summed E-state index contributed by atoms with van der Waals surface area (Å²) in [7, 11) is 0. The maximum Gasteiger partial charge on any atom is 0.137 e. The molecule has 0 saturated carbocycles. The molecule has 0 bridgehead atoms. The second-order valence-corrected chi connectivity index (χ2v) is 10.5. The molecule has 0 fully saturated rings. The molecular formula is C39H26N2O. The summed E-state index contributed by atoms with van der Waals surface area (Å²) in [5, 5.41) is 4.74. The number of furan rings is 1. The molecule has 0 saturated heterocycles. The van der Waals surface area contributed by atoms with Gasteiger partial charge in [0.2, 0.25) is 0 Å². The van der Waals surface area contributed by atoms with E-state index in [0.29, 0.717) is 0 Å². The lowest BCUT2D eigenvalue weighted by molar-refractivity contribution is 0.669. The molecule has 0 aliphatic carbocycles. The van der Waals surface area contributed by atoms with E-state index in [1.807, 2.05) is 24.4 Å². The quantitative estimate of drug-likeness (QED) is 0.218. The van der Waals surface area contributed by atoms with Gasteiger partial charge < -0.3 is 9.32 Å². The van der Waals surface area contributed by atoms with Crippen LogP contribution in [-0.4, -0.2) is 4.98 Å². The predicted molar refractivity (Wildman–Crippen MR) is 175 cm³/mol. The van der Waals surface area contributed by atoms with E-state index in [-0.39, 0.29) is 0 Å². The average Bonchev–Trinajstić information content (AvgIpc) is 3.44. The lowest BCUT2D eigenvalue weighted by Crippen LogP contribution is -2.09. The normalized spacial score (nSPS) is 11.3. The molecule has 198 valence electrons. The first kappa shape index (κ1) is 24.2. The van der Waals surface area contributed by atoms with Crippen LogP contribution in [-0.2, 0) is 0 Å². The molecule has 0 amide bonds. The SMILES string of the molecule is c1cncc(-c2ccc(N(c3ccc(-c4ccc5ccccc5c4)cc3)c3ccc4c(c3)oc3ccccc34)cc2)c1. The smallest absolute Gasteiger partial charge is 0.137 e. The minimum Gasteiger partial charge on any atom is -0.456 e. The molecule has 0 N–H and O–H groups in total. The van der Waals surface area contributed by atoms with Crippen molar-refractivity contribution >= 4 is 49.8 Å². The Hall–Kier alpha value is -5.67. The predicted octanol–water partition coefficient (Wildman–Crippen LogP) is 10.9. The van der Waals surface area contributed by atoms with Crippen molar-refractivity contribution < 1.29 is 4.42 Å². The fraction of sp³-hybridized carbons (Fsp3) is 0. The van der Waals surface area contributed by atoms with Crippen LogP contribution in [0.4, 0.5) is 17.1 Å². The monoisotopic (exact) mass is 538 g/mol. The number of benzene rings is 6. The van der Waals surface area contributed by atoms with Gasteiger partial charge in [0.15, 0.2) is 0 Å². The van der Waals surface area contributed by atoms with Gasteiger partial charge in [0, 0.05) is 46.3 Å². The van der Waals surface area contributed by atoms with Gasteiger partial charge >= 0.3 is 0 Å². The van der Waals surface area contributed by atoms with E-state index in [1.54, 1.807) is 6.20 Å². The Labute approximate surface area is 243 Å². The molecule has 0 aliphatic rings. The van der Waals surface area contributed by atoms with E-state index in [9.17, 15) is 0 Å². The van der Waals surface area contributed by atoms with Gasteiger partial charge in [-0.3, -0.25) is 4.98 Å². The van der Waals surface area contributed by atoms with E-state index < -0.39 is 0 Å². The molecule has 3 heteroatoms. The number of nitrogens with zero attached hydrogens (tertiary/aromatic N) is 2. The summed E-state index contributed by atoms with van der Waals surface area (Å²) >= 11 is 0. The van der Waals surface area contributed by atoms with E-state index in [0.717, 1.165) is 50.1 Å². The van der Waals surface area contributed by atoms with E-state index in [4.69, 9.17) is 4.42 Å². The molecule has 8 rings (SSSR count). The molecule has 0 atom stereocenters. The van der Waals surface area contributed by atoms with E-state index in [1.165, 1.54) is 21.9 Å². The Kier molecular flexibility index (Phi) is 5.79. The number of rotatable bonds is 5. The zero-order valence-electron chi connectivity index (χ0n) is 22.8. The zero-order valence-corrected chi connectivity index (χ0v) is 22.8. The van der Waals surface area contributed by atoms with Crippen LogP contribution in [0.25, 0.3) is 55.0 Å². The summed E-state index contributed by atoms with van der Waals surface area (Å²) in [5.41, 5.74) is 9.57.